The molecule has 0 radical (unpaired) electrons. The first kappa shape index (κ1) is 23.8. The highest BCUT2D eigenvalue weighted by atomic mass is 32.2. The van der Waals surface area contributed by atoms with Gasteiger partial charge < -0.3 is 20.1 Å². The van der Waals surface area contributed by atoms with E-state index in [-0.39, 0.29) is 12.1 Å². The van der Waals surface area contributed by atoms with Gasteiger partial charge in [0.25, 0.3) is 5.91 Å². The van der Waals surface area contributed by atoms with Crippen molar-refractivity contribution in [3.63, 3.8) is 0 Å². The number of benzene rings is 2. The fraction of sp³-hybridized carbons (Fsp3) is 0.240. The van der Waals surface area contributed by atoms with E-state index in [1.54, 1.807) is 43.5 Å². The van der Waals surface area contributed by atoms with Crippen molar-refractivity contribution in [2.45, 2.75) is 35.2 Å². The van der Waals surface area contributed by atoms with Crippen molar-refractivity contribution in [1.29, 1.82) is 0 Å². The number of nitrogens with one attached hydrogen (secondary N) is 2. The smallest absolute Gasteiger partial charge is 0.251 e. The van der Waals surface area contributed by atoms with Crippen molar-refractivity contribution in [2.24, 2.45) is 4.99 Å². The molecule has 34 heavy (non-hydrogen) atoms. The Bertz CT molecular complexity index is 1220. The van der Waals surface area contributed by atoms with Crippen LogP contribution < -0.4 is 20.1 Å². The zero-order valence-electron chi connectivity index (χ0n) is 19.2. The van der Waals surface area contributed by atoms with Gasteiger partial charge in [0.05, 0.1) is 24.6 Å². The molecule has 1 aliphatic rings. The summed E-state index contributed by atoms with van der Waals surface area (Å²) in [5.41, 5.74) is 2.40. The lowest BCUT2D eigenvalue weighted by Crippen LogP contribution is -2.24. The molecule has 2 heterocycles. The van der Waals surface area contributed by atoms with Crippen molar-refractivity contribution in [1.82, 2.24) is 10.3 Å². The summed E-state index contributed by atoms with van der Waals surface area (Å²) in [6, 6.07) is 11.5. The molecule has 4 rings (SSSR count). The Morgan fingerprint density at radius 3 is 2.88 bits per heavy atom. The predicted octanol–water partition coefficient (Wildman–Crippen LogP) is 5.32. The maximum Gasteiger partial charge on any atom is 0.251 e. The van der Waals surface area contributed by atoms with Crippen LogP contribution in [0.15, 0.2) is 68.8 Å². The van der Waals surface area contributed by atoms with Gasteiger partial charge in [-0.25, -0.2) is 4.98 Å². The molecule has 2 aromatic carbocycles. The number of methoxy groups -OCH3 is 2. The quantitative estimate of drug-likeness (QED) is 0.419. The fourth-order valence-corrected chi connectivity index (χ4v) is 5.42. The van der Waals surface area contributed by atoms with Gasteiger partial charge in [-0.05, 0) is 36.8 Å². The minimum absolute atomic E-state index is 0.0203. The van der Waals surface area contributed by atoms with Gasteiger partial charge >= 0.3 is 0 Å². The van der Waals surface area contributed by atoms with Gasteiger partial charge in [-0.3, -0.25) is 9.79 Å². The highest BCUT2D eigenvalue weighted by molar-refractivity contribution is 8.01. The second kappa shape index (κ2) is 11.2. The number of anilines is 1. The van der Waals surface area contributed by atoms with Crippen LogP contribution in [-0.4, -0.2) is 37.5 Å². The van der Waals surface area contributed by atoms with Crippen LogP contribution >= 0.6 is 23.1 Å². The van der Waals surface area contributed by atoms with Gasteiger partial charge in [-0.1, -0.05) is 47.4 Å². The number of thiazole rings is 1. The molecule has 1 atom stereocenters. The molecule has 1 aliphatic heterocycles. The Hall–Kier alpha value is -3.30. The molecule has 3 aromatic rings. The first-order valence-corrected chi connectivity index (χ1v) is 12.4. The number of allylic oxidation sites excluding steroid dienone is 1. The third-order valence-electron chi connectivity index (χ3n) is 5.22. The minimum atomic E-state index is -0.139. The highest BCUT2D eigenvalue weighted by Crippen LogP contribution is 2.35. The lowest BCUT2D eigenvalue weighted by Gasteiger charge is -2.14. The molecule has 1 amide bonds. The lowest BCUT2D eigenvalue weighted by atomic mass is 10.1. The Morgan fingerprint density at radius 1 is 1.24 bits per heavy atom. The number of dihydropyridines is 1. The number of hydrogen-bond acceptors (Lipinski definition) is 8. The van der Waals surface area contributed by atoms with Crippen molar-refractivity contribution in [2.75, 3.05) is 19.5 Å². The minimum Gasteiger partial charge on any atom is -0.493 e. The third-order valence-corrected chi connectivity index (χ3v) is 7.24. The summed E-state index contributed by atoms with van der Waals surface area (Å²) in [5.74, 6) is 1.12. The zero-order valence-corrected chi connectivity index (χ0v) is 20.8. The van der Waals surface area contributed by atoms with Crippen LogP contribution in [0.5, 0.6) is 11.5 Å². The fourth-order valence-electron chi connectivity index (χ4n) is 3.48. The summed E-state index contributed by atoms with van der Waals surface area (Å²) in [6.07, 6.45) is 8.53. The largest absolute Gasteiger partial charge is 0.493 e. The Kier molecular flexibility index (Phi) is 7.87. The number of hydrogen-bond donors (Lipinski definition) is 2. The molecule has 0 spiro atoms. The van der Waals surface area contributed by atoms with Crippen LogP contribution in [0.3, 0.4) is 0 Å². The van der Waals surface area contributed by atoms with Crippen molar-refractivity contribution in [3.8, 4) is 11.5 Å². The maximum absolute atomic E-state index is 13.0. The standard InChI is InChI=1S/C25H26N4O3S2/c1-16-10-11-18(33-22-15-28-25(34-22)29-21-9-4-5-12-26-21)13-19(16)24(30)27-14-17-7-6-8-20(31-2)23(17)32-3/h4-8,10-13,15,21H,9,14H2,1-3H3,(H,27,30)(H,28,29). The number of carbonyl (C=O) groups is 1. The molecule has 0 bridgehead atoms. The average Bonchev–Trinajstić information content (AvgIpc) is 3.30. The summed E-state index contributed by atoms with van der Waals surface area (Å²) in [5, 5.41) is 7.17. The number of carbonyl (C=O) groups excluding carboxylic acids is 1. The van der Waals surface area contributed by atoms with Gasteiger partial charge in [0.1, 0.15) is 6.17 Å². The molecule has 7 nitrogen and oxygen atoms in total. The number of aliphatic imine (C=N–C) groups is 1. The number of nitrogens with zero attached hydrogens (tertiary/aromatic N) is 2. The number of para-hydroxylation sites is 1. The first-order valence-electron chi connectivity index (χ1n) is 10.7. The Balaban J connectivity index is 1.42. The molecule has 176 valence electrons. The van der Waals surface area contributed by atoms with E-state index >= 15 is 0 Å². The van der Waals surface area contributed by atoms with Crippen LogP contribution in [-0.2, 0) is 6.54 Å². The topological polar surface area (TPSA) is 84.8 Å². The zero-order chi connectivity index (χ0) is 23.9. The van der Waals surface area contributed by atoms with Crippen LogP contribution in [0.4, 0.5) is 5.13 Å². The van der Waals surface area contributed by atoms with Gasteiger partial charge in [0, 0.05) is 35.2 Å². The Morgan fingerprint density at radius 2 is 2.12 bits per heavy atom. The molecular weight excluding hydrogens is 468 g/mol. The molecule has 0 saturated heterocycles. The van der Waals surface area contributed by atoms with Crippen LogP contribution in [0.25, 0.3) is 0 Å². The molecule has 9 heteroatoms. The third kappa shape index (κ3) is 5.78. The van der Waals surface area contributed by atoms with Crippen LogP contribution in [0.2, 0.25) is 0 Å². The number of amides is 1. The van der Waals surface area contributed by atoms with E-state index < -0.39 is 0 Å². The molecular formula is C25H26N4O3S2. The maximum atomic E-state index is 13.0. The van der Waals surface area contributed by atoms with E-state index in [1.165, 1.54) is 0 Å². The molecule has 0 saturated carbocycles. The number of ether oxygens (including phenoxy) is 2. The van der Waals surface area contributed by atoms with Gasteiger partial charge in [0.2, 0.25) is 0 Å². The van der Waals surface area contributed by atoms with E-state index in [2.05, 4.69) is 26.7 Å². The molecule has 0 aliphatic carbocycles. The Labute approximate surface area is 207 Å². The predicted molar refractivity (Wildman–Crippen MR) is 138 cm³/mol. The monoisotopic (exact) mass is 494 g/mol. The second-order valence-corrected chi connectivity index (χ2v) is 9.93. The summed E-state index contributed by atoms with van der Waals surface area (Å²) >= 11 is 3.15. The first-order chi connectivity index (χ1) is 16.6. The van der Waals surface area contributed by atoms with Gasteiger partial charge in [-0.15, -0.1) is 0 Å². The van der Waals surface area contributed by atoms with Crippen molar-refractivity contribution < 1.29 is 14.3 Å². The summed E-state index contributed by atoms with van der Waals surface area (Å²) in [6.45, 7) is 2.27. The van der Waals surface area contributed by atoms with E-state index in [0.29, 0.717) is 23.6 Å². The molecule has 2 N–H and O–H groups in total. The number of aryl methyl sites for hydroxylation is 1. The second-order valence-electron chi connectivity index (χ2n) is 7.52. The van der Waals surface area contributed by atoms with Crippen molar-refractivity contribution >= 4 is 40.4 Å². The van der Waals surface area contributed by atoms with E-state index in [0.717, 1.165) is 31.8 Å². The van der Waals surface area contributed by atoms with E-state index in [9.17, 15) is 4.79 Å². The summed E-state index contributed by atoms with van der Waals surface area (Å²) in [7, 11) is 3.18. The molecule has 0 fully saturated rings. The highest BCUT2D eigenvalue weighted by Gasteiger charge is 2.15. The van der Waals surface area contributed by atoms with Crippen LogP contribution in [0, 0.1) is 6.92 Å². The number of aromatic nitrogens is 1. The van der Waals surface area contributed by atoms with Crippen molar-refractivity contribution in [3.05, 3.63) is 71.4 Å². The lowest BCUT2D eigenvalue weighted by molar-refractivity contribution is 0.0949. The SMILES string of the molecule is COc1cccc(CNC(=O)c2cc(Sc3cnc(NC4CC=CC=N4)s3)ccc2C)c1OC. The normalized spacial score (nSPS) is 14.6. The van der Waals surface area contributed by atoms with Gasteiger partial charge in [-0.2, -0.15) is 0 Å². The summed E-state index contributed by atoms with van der Waals surface area (Å²) in [4.78, 5) is 22.8. The summed E-state index contributed by atoms with van der Waals surface area (Å²) < 4.78 is 11.8. The molecule has 1 unspecified atom stereocenters. The average molecular weight is 495 g/mol. The van der Waals surface area contributed by atoms with Crippen LogP contribution in [0.1, 0.15) is 27.9 Å². The number of rotatable bonds is 9. The van der Waals surface area contributed by atoms with Gasteiger partial charge in [0.15, 0.2) is 16.6 Å². The van der Waals surface area contributed by atoms with E-state index in [1.807, 2.05) is 55.6 Å². The van der Waals surface area contributed by atoms with E-state index in [4.69, 9.17) is 9.47 Å². The molecule has 1 aromatic heterocycles.